The van der Waals surface area contributed by atoms with Gasteiger partial charge in [0.15, 0.2) is 0 Å². The van der Waals surface area contributed by atoms with E-state index in [0.717, 1.165) is 5.56 Å². The molecule has 1 atom stereocenters. The van der Waals surface area contributed by atoms with E-state index >= 15 is 0 Å². The molecular formula is C15H18FN3O3. The molecule has 0 radical (unpaired) electrons. The Kier molecular flexibility index (Phi) is 4.77. The lowest BCUT2D eigenvalue weighted by Crippen LogP contribution is -2.30. The van der Waals surface area contributed by atoms with Crippen LogP contribution < -0.4 is 4.74 Å². The number of ether oxygens (including phenoxy) is 1. The normalized spacial score (nSPS) is 12.4. The Balaban J connectivity index is 2.31. The van der Waals surface area contributed by atoms with Crippen LogP contribution in [0.4, 0.5) is 4.39 Å². The molecule has 6 nitrogen and oxygen atoms in total. The smallest absolute Gasteiger partial charge is 0.325 e. The van der Waals surface area contributed by atoms with Crippen LogP contribution in [-0.4, -0.2) is 39.9 Å². The quantitative estimate of drug-likeness (QED) is 0.882. The molecule has 2 rings (SSSR count). The summed E-state index contributed by atoms with van der Waals surface area (Å²) >= 11 is 0. The Labute approximate surface area is 127 Å². The van der Waals surface area contributed by atoms with Gasteiger partial charge in [-0.2, -0.15) is 5.10 Å². The largest absolute Gasteiger partial charge is 0.496 e. The third kappa shape index (κ3) is 3.43. The minimum atomic E-state index is -1.03. The van der Waals surface area contributed by atoms with Crippen molar-refractivity contribution in [3.8, 4) is 5.75 Å². The van der Waals surface area contributed by atoms with Gasteiger partial charge in [-0.3, -0.25) is 14.4 Å². The molecule has 7 heteroatoms. The number of benzene rings is 1. The highest BCUT2D eigenvalue weighted by molar-refractivity contribution is 5.76. The zero-order valence-corrected chi connectivity index (χ0v) is 12.7. The number of carboxylic acids is 1. The van der Waals surface area contributed by atoms with Crippen molar-refractivity contribution in [2.24, 2.45) is 7.05 Å². The summed E-state index contributed by atoms with van der Waals surface area (Å²) in [6, 6.07) is 2.90. The molecule has 0 saturated carbocycles. The Hall–Kier alpha value is -2.41. The van der Waals surface area contributed by atoms with Gasteiger partial charge in [-0.15, -0.1) is 0 Å². The second-order valence-electron chi connectivity index (χ2n) is 5.06. The Morgan fingerprint density at radius 3 is 2.82 bits per heavy atom. The number of rotatable bonds is 6. The predicted molar refractivity (Wildman–Crippen MR) is 78.0 cm³/mol. The number of likely N-dealkylation sites (N-methyl/N-ethyl adjacent to an activating group) is 1. The number of methoxy groups -OCH3 is 1. The first-order valence-corrected chi connectivity index (χ1v) is 6.66. The molecule has 0 amide bonds. The number of carbonyl (C=O) groups is 1. The summed E-state index contributed by atoms with van der Waals surface area (Å²) in [6.45, 7) is 0.394. The Bertz CT molecular complexity index is 672. The fourth-order valence-corrected chi connectivity index (χ4v) is 2.40. The summed E-state index contributed by atoms with van der Waals surface area (Å²) in [5, 5.41) is 13.6. The summed E-state index contributed by atoms with van der Waals surface area (Å²) in [6.07, 6.45) is 3.49. The molecule has 118 valence electrons. The van der Waals surface area contributed by atoms with Crippen LogP contribution in [0.25, 0.3) is 0 Å². The number of nitrogens with zero attached hydrogens (tertiary/aromatic N) is 3. The zero-order chi connectivity index (χ0) is 16.3. The van der Waals surface area contributed by atoms with Gasteiger partial charge in [-0.1, -0.05) is 6.07 Å². The molecule has 1 N–H and O–H groups in total. The van der Waals surface area contributed by atoms with Crippen LogP contribution in [0.15, 0.2) is 30.6 Å². The van der Waals surface area contributed by atoms with Crippen molar-refractivity contribution in [1.29, 1.82) is 0 Å². The average Bonchev–Trinajstić information content (AvgIpc) is 2.85. The number of carboxylic acid groups (broad SMARTS) is 1. The van der Waals surface area contributed by atoms with E-state index in [4.69, 9.17) is 4.74 Å². The van der Waals surface area contributed by atoms with E-state index < -0.39 is 17.8 Å². The number of aliphatic carboxylic acids is 1. The number of aryl methyl sites for hydroxylation is 1. The second-order valence-corrected chi connectivity index (χ2v) is 5.06. The van der Waals surface area contributed by atoms with E-state index in [0.29, 0.717) is 12.1 Å². The van der Waals surface area contributed by atoms with Gasteiger partial charge < -0.3 is 9.84 Å². The lowest BCUT2D eigenvalue weighted by Gasteiger charge is -2.25. The van der Waals surface area contributed by atoms with E-state index in [9.17, 15) is 14.3 Å². The van der Waals surface area contributed by atoms with Crippen LogP contribution in [0.5, 0.6) is 5.75 Å². The van der Waals surface area contributed by atoms with E-state index in [1.807, 2.05) is 6.20 Å². The summed E-state index contributed by atoms with van der Waals surface area (Å²) in [5.41, 5.74) is 1.29. The lowest BCUT2D eigenvalue weighted by atomic mass is 10.0. The van der Waals surface area contributed by atoms with Gasteiger partial charge in [0.25, 0.3) is 0 Å². The molecule has 0 fully saturated rings. The summed E-state index contributed by atoms with van der Waals surface area (Å²) in [7, 11) is 4.87. The van der Waals surface area contributed by atoms with Gasteiger partial charge in [-0.05, 0) is 13.1 Å². The third-order valence-corrected chi connectivity index (χ3v) is 3.36. The van der Waals surface area contributed by atoms with Gasteiger partial charge in [0, 0.05) is 37.0 Å². The monoisotopic (exact) mass is 307 g/mol. The number of hydrogen-bond acceptors (Lipinski definition) is 4. The van der Waals surface area contributed by atoms with Gasteiger partial charge in [0.1, 0.15) is 17.6 Å². The summed E-state index contributed by atoms with van der Waals surface area (Å²) in [5.74, 6) is -1.29. The van der Waals surface area contributed by atoms with Crippen molar-refractivity contribution >= 4 is 5.97 Å². The molecule has 0 aliphatic carbocycles. The van der Waals surface area contributed by atoms with Crippen LogP contribution in [0, 0.1) is 5.82 Å². The molecule has 0 aliphatic rings. The molecule has 1 heterocycles. The molecule has 0 saturated heterocycles. The topological polar surface area (TPSA) is 67.6 Å². The van der Waals surface area contributed by atoms with Crippen molar-refractivity contribution in [3.05, 3.63) is 47.5 Å². The highest BCUT2D eigenvalue weighted by Gasteiger charge is 2.28. The molecule has 2 aromatic rings. The highest BCUT2D eigenvalue weighted by atomic mass is 19.1. The van der Waals surface area contributed by atoms with E-state index in [-0.39, 0.29) is 5.75 Å². The van der Waals surface area contributed by atoms with Crippen LogP contribution in [0.1, 0.15) is 17.2 Å². The highest BCUT2D eigenvalue weighted by Crippen LogP contribution is 2.30. The van der Waals surface area contributed by atoms with Crippen molar-refractivity contribution in [3.63, 3.8) is 0 Å². The number of halogens is 1. The molecule has 1 unspecified atom stereocenters. The number of aromatic nitrogens is 2. The Morgan fingerprint density at radius 2 is 2.27 bits per heavy atom. The number of hydrogen-bond donors (Lipinski definition) is 1. The Morgan fingerprint density at radius 1 is 1.55 bits per heavy atom. The van der Waals surface area contributed by atoms with E-state index in [1.165, 1.54) is 25.3 Å². The molecular weight excluding hydrogens is 289 g/mol. The van der Waals surface area contributed by atoms with E-state index in [1.54, 1.807) is 29.9 Å². The molecule has 0 aliphatic heterocycles. The van der Waals surface area contributed by atoms with Crippen LogP contribution in [0.2, 0.25) is 0 Å². The third-order valence-electron chi connectivity index (χ3n) is 3.36. The summed E-state index contributed by atoms with van der Waals surface area (Å²) < 4.78 is 20.1. The van der Waals surface area contributed by atoms with Crippen molar-refractivity contribution in [1.82, 2.24) is 14.7 Å². The first kappa shape index (κ1) is 16.0. The minimum absolute atomic E-state index is 0.213. The molecule has 0 bridgehead atoms. The first-order chi connectivity index (χ1) is 10.4. The van der Waals surface area contributed by atoms with Gasteiger partial charge in [-0.25, -0.2) is 4.39 Å². The van der Waals surface area contributed by atoms with Gasteiger partial charge in [0.05, 0.1) is 13.3 Å². The first-order valence-electron chi connectivity index (χ1n) is 6.66. The second kappa shape index (κ2) is 6.57. The van der Waals surface area contributed by atoms with Crippen molar-refractivity contribution in [2.45, 2.75) is 12.6 Å². The molecule has 22 heavy (non-hydrogen) atoms. The summed E-state index contributed by atoms with van der Waals surface area (Å²) in [4.78, 5) is 13.3. The average molecular weight is 307 g/mol. The maximum absolute atomic E-state index is 13.3. The maximum Gasteiger partial charge on any atom is 0.325 e. The zero-order valence-electron chi connectivity index (χ0n) is 12.7. The fourth-order valence-electron chi connectivity index (χ4n) is 2.40. The lowest BCUT2D eigenvalue weighted by molar-refractivity contribution is -0.143. The molecule has 1 aromatic heterocycles. The van der Waals surface area contributed by atoms with Gasteiger partial charge in [0.2, 0.25) is 0 Å². The standard InChI is InChI=1S/C15H18FN3O3/c1-18(8-10-7-17-19(2)9-10)14(15(20)21)12-5-4-11(16)6-13(12)22-3/h4-7,9,14H,8H2,1-3H3,(H,20,21). The van der Waals surface area contributed by atoms with Crippen molar-refractivity contribution in [2.75, 3.05) is 14.2 Å². The molecule has 0 spiro atoms. The predicted octanol–water partition coefficient (Wildman–Crippen LogP) is 1.83. The maximum atomic E-state index is 13.3. The molecule has 1 aromatic carbocycles. The fraction of sp³-hybridized carbons (Fsp3) is 0.333. The minimum Gasteiger partial charge on any atom is -0.496 e. The SMILES string of the molecule is COc1cc(F)ccc1C(C(=O)O)N(C)Cc1cnn(C)c1. The van der Waals surface area contributed by atoms with Crippen LogP contribution in [0.3, 0.4) is 0 Å². The van der Waals surface area contributed by atoms with Crippen LogP contribution >= 0.6 is 0 Å². The van der Waals surface area contributed by atoms with Crippen molar-refractivity contribution < 1.29 is 19.0 Å². The van der Waals surface area contributed by atoms with Crippen LogP contribution in [-0.2, 0) is 18.4 Å². The van der Waals surface area contributed by atoms with Gasteiger partial charge >= 0.3 is 5.97 Å². The van der Waals surface area contributed by atoms with E-state index in [2.05, 4.69) is 5.10 Å².